The van der Waals surface area contributed by atoms with E-state index < -0.39 is 0 Å². The highest BCUT2D eigenvalue weighted by molar-refractivity contribution is 6.33. The third kappa shape index (κ3) is 2.98. The molecule has 1 saturated heterocycles. The second-order valence-electron chi connectivity index (χ2n) is 5.50. The molecule has 3 rings (SSSR count). The van der Waals surface area contributed by atoms with Gasteiger partial charge in [0.15, 0.2) is 0 Å². The number of carbonyl (C=O) groups excluding carboxylic acids is 1. The van der Waals surface area contributed by atoms with Crippen molar-refractivity contribution in [2.75, 3.05) is 13.1 Å². The smallest absolute Gasteiger partial charge is 0.253 e. The maximum Gasteiger partial charge on any atom is 0.253 e. The minimum absolute atomic E-state index is 0.00953. The van der Waals surface area contributed by atoms with Crippen molar-refractivity contribution in [1.29, 1.82) is 0 Å². The van der Waals surface area contributed by atoms with Crippen molar-refractivity contribution >= 4 is 17.5 Å². The summed E-state index contributed by atoms with van der Waals surface area (Å²) >= 11 is 6.06. The van der Waals surface area contributed by atoms with E-state index in [0.29, 0.717) is 23.7 Å². The Balaban J connectivity index is 1.82. The average Bonchev–Trinajstić information content (AvgIpc) is 2.93. The molecule has 5 heteroatoms. The molecule has 1 unspecified atom stereocenters. The van der Waals surface area contributed by atoms with Crippen LogP contribution in [-0.2, 0) is 0 Å². The van der Waals surface area contributed by atoms with Gasteiger partial charge in [0.2, 0.25) is 0 Å². The van der Waals surface area contributed by atoms with Crippen molar-refractivity contribution in [3.05, 3.63) is 58.9 Å². The van der Waals surface area contributed by atoms with Crippen LogP contribution < -0.4 is 5.73 Å². The van der Waals surface area contributed by atoms with Crippen LogP contribution in [0.15, 0.2) is 42.5 Å². The Hall–Kier alpha value is -1.91. The average molecular weight is 319 g/mol. The monoisotopic (exact) mass is 318 g/mol. The highest BCUT2D eigenvalue weighted by Crippen LogP contribution is 2.29. The molecule has 1 amide bonds. The van der Waals surface area contributed by atoms with Crippen molar-refractivity contribution < 1.29 is 9.18 Å². The first-order valence-electron chi connectivity index (χ1n) is 7.15. The van der Waals surface area contributed by atoms with Gasteiger partial charge in [0.05, 0.1) is 5.02 Å². The second kappa shape index (κ2) is 6.07. The number of benzene rings is 2. The fourth-order valence-corrected chi connectivity index (χ4v) is 2.95. The molecule has 0 aliphatic carbocycles. The van der Waals surface area contributed by atoms with Gasteiger partial charge in [0, 0.05) is 30.3 Å². The first kappa shape index (κ1) is 15.0. The van der Waals surface area contributed by atoms with Crippen LogP contribution in [0.3, 0.4) is 0 Å². The summed E-state index contributed by atoms with van der Waals surface area (Å²) in [6, 6.07) is 11.5. The van der Waals surface area contributed by atoms with E-state index in [-0.39, 0.29) is 17.8 Å². The normalized spacial score (nSPS) is 17.8. The lowest BCUT2D eigenvalue weighted by molar-refractivity contribution is 0.0791. The molecular weight excluding hydrogens is 303 g/mol. The summed E-state index contributed by atoms with van der Waals surface area (Å²) in [5, 5.41) is 0.351. The summed E-state index contributed by atoms with van der Waals surface area (Å²) in [6.07, 6.45) is 0.842. The van der Waals surface area contributed by atoms with Gasteiger partial charge >= 0.3 is 0 Å². The van der Waals surface area contributed by atoms with Crippen LogP contribution >= 0.6 is 11.6 Å². The molecule has 2 aromatic carbocycles. The van der Waals surface area contributed by atoms with Crippen LogP contribution in [0.1, 0.15) is 16.8 Å². The van der Waals surface area contributed by atoms with E-state index in [9.17, 15) is 9.18 Å². The van der Waals surface area contributed by atoms with E-state index in [2.05, 4.69) is 0 Å². The lowest BCUT2D eigenvalue weighted by atomic mass is 10.0. The molecule has 1 heterocycles. The zero-order chi connectivity index (χ0) is 15.7. The highest BCUT2D eigenvalue weighted by Gasteiger charge is 2.24. The fraction of sp³-hybridized carbons (Fsp3) is 0.235. The largest absolute Gasteiger partial charge is 0.337 e. The van der Waals surface area contributed by atoms with E-state index in [1.54, 1.807) is 23.1 Å². The minimum atomic E-state index is -0.370. The molecule has 1 aliphatic heterocycles. The quantitative estimate of drug-likeness (QED) is 0.923. The SMILES string of the molecule is NC1CCN(C(=O)c2ccc(-c3ccc(F)cc3Cl)cc2)C1. The summed E-state index contributed by atoms with van der Waals surface area (Å²) in [5.74, 6) is -0.379. The Labute approximate surface area is 133 Å². The molecule has 2 N–H and O–H groups in total. The van der Waals surface area contributed by atoms with Gasteiger partial charge in [-0.1, -0.05) is 23.7 Å². The second-order valence-corrected chi connectivity index (χ2v) is 5.91. The maximum absolute atomic E-state index is 13.1. The molecule has 1 atom stereocenters. The van der Waals surface area contributed by atoms with Crippen molar-refractivity contribution in [2.45, 2.75) is 12.5 Å². The van der Waals surface area contributed by atoms with Crippen LogP contribution in [0.2, 0.25) is 5.02 Å². The summed E-state index contributed by atoms with van der Waals surface area (Å²) in [6.45, 7) is 1.30. The zero-order valence-electron chi connectivity index (χ0n) is 11.9. The first-order valence-corrected chi connectivity index (χ1v) is 7.53. The molecule has 3 nitrogen and oxygen atoms in total. The summed E-state index contributed by atoms with van der Waals surface area (Å²) in [4.78, 5) is 14.1. The minimum Gasteiger partial charge on any atom is -0.337 e. The van der Waals surface area contributed by atoms with Gasteiger partial charge in [-0.2, -0.15) is 0 Å². The molecular formula is C17H16ClFN2O. The Morgan fingerprint density at radius 2 is 1.95 bits per heavy atom. The molecule has 0 bridgehead atoms. The number of nitrogens with zero attached hydrogens (tertiary/aromatic N) is 1. The van der Waals surface area contributed by atoms with Crippen molar-refractivity contribution in [3.8, 4) is 11.1 Å². The number of carbonyl (C=O) groups is 1. The van der Waals surface area contributed by atoms with Crippen LogP contribution in [0, 0.1) is 5.82 Å². The van der Waals surface area contributed by atoms with Gasteiger partial charge in [-0.25, -0.2) is 4.39 Å². The van der Waals surface area contributed by atoms with Gasteiger partial charge < -0.3 is 10.6 Å². The van der Waals surface area contributed by atoms with Gasteiger partial charge in [-0.3, -0.25) is 4.79 Å². The Bertz CT molecular complexity index is 702. The van der Waals surface area contributed by atoms with Crippen LogP contribution in [0.25, 0.3) is 11.1 Å². The molecule has 0 radical (unpaired) electrons. The topological polar surface area (TPSA) is 46.3 Å². The first-order chi connectivity index (χ1) is 10.5. The summed E-state index contributed by atoms with van der Waals surface area (Å²) in [7, 11) is 0. The summed E-state index contributed by atoms with van der Waals surface area (Å²) in [5.41, 5.74) is 8.04. The molecule has 114 valence electrons. The number of amides is 1. The molecule has 2 aromatic rings. The number of halogens is 2. The van der Waals surface area contributed by atoms with Crippen LogP contribution in [0.5, 0.6) is 0 Å². The zero-order valence-corrected chi connectivity index (χ0v) is 12.7. The number of nitrogens with two attached hydrogens (primary N) is 1. The maximum atomic E-state index is 13.1. The fourth-order valence-electron chi connectivity index (χ4n) is 2.67. The van der Waals surface area contributed by atoms with Gasteiger partial charge in [0.1, 0.15) is 5.82 Å². The highest BCUT2D eigenvalue weighted by atomic mass is 35.5. The predicted molar refractivity (Wildman–Crippen MR) is 85.3 cm³/mol. The lowest BCUT2D eigenvalue weighted by Gasteiger charge is -2.16. The van der Waals surface area contributed by atoms with Crippen molar-refractivity contribution in [2.24, 2.45) is 5.73 Å². The number of rotatable bonds is 2. The van der Waals surface area contributed by atoms with E-state index in [0.717, 1.165) is 17.5 Å². The number of hydrogen-bond donors (Lipinski definition) is 1. The summed E-state index contributed by atoms with van der Waals surface area (Å²) < 4.78 is 13.1. The van der Waals surface area contributed by atoms with Crippen LogP contribution in [0.4, 0.5) is 4.39 Å². The molecule has 1 aliphatic rings. The van der Waals surface area contributed by atoms with Crippen LogP contribution in [-0.4, -0.2) is 29.9 Å². The molecule has 1 fully saturated rings. The molecule has 0 aromatic heterocycles. The molecule has 22 heavy (non-hydrogen) atoms. The van der Waals surface area contributed by atoms with Crippen molar-refractivity contribution in [1.82, 2.24) is 4.90 Å². The van der Waals surface area contributed by atoms with Gasteiger partial charge in [0.25, 0.3) is 5.91 Å². The Morgan fingerprint density at radius 1 is 1.23 bits per heavy atom. The molecule has 0 saturated carbocycles. The number of hydrogen-bond acceptors (Lipinski definition) is 2. The molecule has 0 spiro atoms. The third-order valence-electron chi connectivity index (χ3n) is 3.89. The number of likely N-dealkylation sites (tertiary alicyclic amines) is 1. The van der Waals surface area contributed by atoms with Gasteiger partial charge in [-0.15, -0.1) is 0 Å². The Kier molecular flexibility index (Phi) is 4.14. The van der Waals surface area contributed by atoms with E-state index in [4.69, 9.17) is 17.3 Å². The standard InChI is InChI=1S/C17H16ClFN2O/c18-16-9-13(19)5-6-15(16)11-1-3-12(4-2-11)17(22)21-8-7-14(20)10-21/h1-6,9,14H,7-8,10,20H2. The van der Waals surface area contributed by atoms with Crippen molar-refractivity contribution in [3.63, 3.8) is 0 Å². The Morgan fingerprint density at radius 3 is 2.55 bits per heavy atom. The third-order valence-corrected chi connectivity index (χ3v) is 4.20. The van der Waals surface area contributed by atoms with E-state index in [1.807, 2.05) is 12.1 Å². The van der Waals surface area contributed by atoms with E-state index >= 15 is 0 Å². The lowest BCUT2D eigenvalue weighted by Crippen LogP contribution is -2.31. The van der Waals surface area contributed by atoms with Gasteiger partial charge in [-0.05, 0) is 42.3 Å². The predicted octanol–water partition coefficient (Wildman–Crippen LogP) is 3.32. The van der Waals surface area contributed by atoms with E-state index in [1.165, 1.54) is 12.1 Å².